The molecule has 1 N–H and O–H groups in total. The van der Waals surface area contributed by atoms with Crippen molar-refractivity contribution >= 4 is 6.09 Å². The number of rotatable bonds is 4. The number of piperazine rings is 1. The van der Waals surface area contributed by atoms with Crippen molar-refractivity contribution in [3.8, 4) is 0 Å². The number of nitrogens with one attached hydrogen (secondary N) is 1. The minimum absolute atomic E-state index is 0.237. The van der Waals surface area contributed by atoms with Crippen LogP contribution in [0.5, 0.6) is 0 Å². The van der Waals surface area contributed by atoms with Crippen molar-refractivity contribution < 1.29 is 9.53 Å². The Kier molecular flexibility index (Phi) is 6.77. The molecule has 1 aromatic rings. The Bertz CT molecular complexity index is 591. The van der Waals surface area contributed by atoms with E-state index in [2.05, 4.69) is 45.4 Å². The van der Waals surface area contributed by atoms with E-state index in [1.807, 2.05) is 20.8 Å². The Hall–Kier alpha value is -1.59. The number of hydrogen-bond acceptors (Lipinski definition) is 4. The maximum atomic E-state index is 12.1. The highest BCUT2D eigenvalue weighted by molar-refractivity contribution is 5.68. The maximum absolute atomic E-state index is 12.1. The van der Waals surface area contributed by atoms with Gasteiger partial charge in [-0.1, -0.05) is 30.3 Å². The summed E-state index contributed by atoms with van der Waals surface area (Å²) in [5.41, 5.74) is 0.956. The zero-order chi connectivity index (χ0) is 19.3. The van der Waals surface area contributed by atoms with Crippen molar-refractivity contribution in [3.05, 3.63) is 35.9 Å². The monoisotopic (exact) mass is 373 g/mol. The van der Waals surface area contributed by atoms with Crippen LogP contribution in [0.4, 0.5) is 4.79 Å². The van der Waals surface area contributed by atoms with Crippen molar-refractivity contribution in [3.63, 3.8) is 0 Å². The topological polar surface area (TPSA) is 44.8 Å². The van der Waals surface area contributed by atoms with Crippen molar-refractivity contribution in [2.24, 2.45) is 0 Å². The normalized spacial score (nSPS) is 25.1. The second kappa shape index (κ2) is 9.07. The van der Waals surface area contributed by atoms with Gasteiger partial charge in [0.05, 0.1) is 0 Å². The summed E-state index contributed by atoms with van der Waals surface area (Å²) in [6.45, 7) is 11.3. The molecule has 0 bridgehead atoms. The molecule has 1 aliphatic heterocycles. The van der Waals surface area contributed by atoms with Gasteiger partial charge in [0.2, 0.25) is 0 Å². The fraction of sp³-hybridized carbons (Fsp3) is 0.682. The second-order valence-corrected chi connectivity index (χ2v) is 8.96. The standard InChI is InChI=1S/C22H35N3O2/c1-22(2,3)27-21(26)23-19-10-7-11-20(16-19)25-14-12-24(13-15-25)17-18-8-5-4-6-9-18/h4-6,8-9,19-20H,7,10-17H2,1-3H3,(H,23,26)/t19-,20?/m1/s1. The highest BCUT2D eigenvalue weighted by Gasteiger charge is 2.30. The van der Waals surface area contributed by atoms with Crippen LogP contribution >= 0.6 is 0 Å². The third-order valence-corrected chi connectivity index (χ3v) is 5.54. The van der Waals surface area contributed by atoms with Crippen molar-refractivity contribution in [1.82, 2.24) is 15.1 Å². The lowest BCUT2D eigenvalue weighted by atomic mass is 9.89. The molecule has 1 saturated heterocycles. The Balaban J connectivity index is 1.43. The third-order valence-electron chi connectivity index (χ3n) is 5.54. The summed E-state index contributed by atoms with van der Waals surface area (Å²) in [5.74, 6) is 0. The van der Waals surface area contributed by atoms with Crippen LogP contribution in [0.3, 0.4) is 0 Å². The van der Waals surface area contributed by atoms with E-state index in [-0.39, 0.29) is 12.1 Å². The lowest BCUT2D eigenvalue weighted by molar-refractivity contribution is 0.0428. The van der Waals surface area contributed by atoms with Crippen LogP contribution < -0.4 is 5.32 Å². The minimum atomic E-state index is -0.437. The molecule has 0 radical (unpaired) electrons. The average molecular weight is 374 g/mol. The molecule has 1 aliphatic carbocycles. The molecule has 3 rings (SSSR count). The molecule has 1 amide bonds. The Morgan fingerprint density at radius 1 is 1.11 bits per heavy atom. The van der Waals surface area contributed by atoms with E-state index in [0.29, 0.717) is 6.04 Å². The zero-order valence-corrected chi connectivity index (χ0v) is 17.1. The van der Waals surface area contributed by atoms with E-state index in [0.717, 1.165) is 45.6 Å². The predicted molar refractivity (Wildman–Crippen MR) is 109 cm³/mol. The fourth-order valence-electron chi connectivity index (χ4n) is 4.23. The third kappa shape index (κ3) is 6.51. The van der Waals surface area contributed by atoms with Crippen molar-refractivity contribution in [2.75, 3.05) is 26.2 Å². The molecule has 1 unspecified atom stereocenters. The number of benzene rings is 1. The van der Waals surface area contributed by atoms with Gasteiger partial charge in [-0.25, -0.2) is 4.79 Å². The molecular weight excluding hydrogens is 338 g/mol. The Labute approximate surface area is 164 Å². The summed E-state index contributed by atoms with van der Waals surface area (Å²) in [4.78, 5) is 17.2. The van der Waals surface area contributed by atoms with Gasteiger partial charge in [0.1, 0.15) is 5.60 Å². The van der Waals surface area contributed by atoms with E-state index < -0.39 is 5.60 Å². The highest BCUT2D eigenvalue weighted by Crippen LogP contribution is 2.25. The molecule has 1 heterocycles. The summed E-state index contributed by atoms with van der Waals surface area (Å²) in [7, 11) is 0. The van der Waals surface area contributed by atoms with Gasteiger partial charge in [0, 0.05) is 44.8 Å². The maximum Gasteiger partial charge on any atom is 0.407 e. The van der Waals surface area contributed by atoms with E-state index >= 15 is 0 Å². The van der Waals surface area contributed by atoms with Gasteiger partial charge in [0.15, 0.2) is 0 Å². The SMILES string of the molecule is CC(C)(C)OC(=O)N[C@@H]1CCCC(N2CCN(Cc3ccccc3)CC2)C1. The number of alkyl carbamates (subject to hydrolysis) is 1. The average Bonchev–Trinajstić information content (AvgIpc) is 2.62. The molecule has 1 saturated carbocycles. The van der Waals surface area contributed by atoms with E-state index in [1.165, 1.54) is 18.4 Å². The van der Waals surface area contributed by atoms with E-state index in [4.69, 9.17) is 4.74 Å². The number of carbonyl (C=O) groups excluding carboxylic acids is 1. The van der Waals surface area contributed by atoms with Gasteiger partial charge < -0.3 is 10.1 Å². The largest absolute Gasteiger partial charge is 0.444 e. The molecule has 150 valence electrons. The predicted octanol–water partition coefficient (Wildman–Crippen LogP) is 3.64. The molecule has 2 fully saturated rings. The quantitative estimate of drug-likeness (QED) is 0.875. The number of hydrogen-bond donors (Lipinski definition) is 1. The van der Waals surface area contributed by atoms with Crippen molar-refractivity contribution in [1.29, 1.82) is 0 Å². The van der Waals surface area contributed by atoms with Crippen LogP contribution in [0.25, 0.3) is 0 Å². The van der Waals surface area contributed by atoms with Gasteiger partial charge in [-0.05, 0) is 52.0 Å². The summed E-state index contributed by atoms with van der Waals surface area (Å²) in [5, 5.41) is 3.09. The van der Waals surface area contributed by atoms with Gasteiger partial charge >= 0.3 is 6.09 Å². The van der Waals surface area contributed by atoms with Crippen molar-refractivity contribution in [2.45, 2.75) is 70.7 Å². The molecule has 1 aromatic carbocycles. The fourth-order valence-corrected chi connectivity index (χ4v) is 4.23. The van der Waals surface area contributed by atoms with Crippen LogP contribution in [-0.2, 0) is 11.3 Å². The zero-order valence-electron chi connectivity index (χ0n) is 17.1. The van der Waals surface area contributed by atoms with Crippen LogP contribution in [-0.4, -0.2) is 59.8 Å². The molecule has 2 aliphatic rings. The number of ether oxygens (including phenoxy) is 1. The molecule has 0 spiro atoms. The van der Waals surface area contributed by atoms with Crippen LogP contribution in [0.1, 0.15) is 52.0 Å². The number of carbonyl (C=O) groups is 1. The van der Waals surface area contributed by atoms with E-state index in [1.54, 1.807) is 0 Å². The Morgan fingerprint density at radius 3 is 2.48 bits per heavy atom. The second-order valence-electron chi connectivity index (χ2n) is 8.96. The molecule has 0 aromatic heterocycles. The van der Waals surface area contributed by atoms with Crippen LogP contribution in [0.2, 0.25) is 0 Å². The lowest BCUT2D eigenvalue weighted by Gasteiger charge is -2.42. The molecule has 5 nitrogen and oxygen atoms in total. The van der Waals surface area contributed by atoms with Gasteiger partial charge in [-0.15, -0.1) is 0 Å². The van der Waals surface area contributed by atoms with Gasteiger partial charge in [-0.2, -0.15) is 0 Å². The first-order valence-electron chi connectivity index (χ1n) is 10.4. The van der Waals surface area contributed by atoms with Gasteiger partial charge in [-0.3, -0.25) is 9.80 Å². The smallest absolute Gasteiger partial charge is 0.407 e. The number of amides is 1. The summed E-state index contributed by atoms with van der Waals surface area (Å²) >= 11 is 0. The summed E-state index contributed by atoms with van der Waals surface area (Å²) in [6.07, 6.45) is 4.24. The molecule has 2 atom stereocenters. The minimum Gasteiger partial charge on any atom is -0.444 e. The highest BCUT2D eigenvalue weighted by atomic mass is 16.6. The van der Waals surface area contributed by atoms with Crippen LogP contribution in [0.15, 0.2) is 30.3 Å². The molecule has 27 heavy (non-hydrogen) atoms. The van der Waals surface area contributed by atoms with Crippen LogP contribution in [0, 0.1) is 0 Å². The first-order valence-corrected chi connectivity index (χ1v) is 10.4. The summed E-state index contributed by atoms with van der Waals surface area (Å²) in [6, 6.07) is 11.5. The molecule has 5 heteroatoms. The lowest BCUT2D eigenvalue weighted by Crippen LogP contribution is -2.53. The first kappa shape index (κ1) is 20.2. The summed E-state index contributed by atoms with van der Waals surface area (Å²) < 4.78 is 5.42. The number of nitrogens with zero attached hydrogens (tertiary/aromatic N) is 2. The van der Waals surface area contributed by atoms with Gasteiger partial charge in [0.25, 0.3) is 0 Å². The Morgan fingerprint density at radius 2 is 1.81 bits per heavy atom. The first-order chi connectivity index (χ1) is 12.9. The van der Waals surface area contributed by atoms with E-state index in [9.17, 15) is 4.79 Å². The molecular formula is C22H35N3O2.